The molecule has 4 aromatic rings. The van der Waals surface area contributed by atoms with Gasteiger partial charge < -0.3 is 24.5 Å². The lowest BCUT2D eigenvalue weighted by Gasteiger charge is -2.18. The first-order valence-corrected chi connectivity index (χ1v) is 12.7. The van der Waals surface area contributed by atoms with E-state index in [4.69, 9.17) is 9.47 Å². The summed E-state index contributed by atoms with van der Waals surface area (Å²) in [5.74, 6) is -0.246. The summed E-state index contributed by atoms with van der Waals surface area (Å²) in [4.78, 5) is 29.7. The van der Waals surface area contributed by atoms with Gasteiger partial charge in [0, 0.05) is 36.0 Å². The van der Waals surface area contributed by atoms with Crippen molar-refractivity contribution in [2.75, 3.05) is 13.2 Å². The molecule has 2 heterocycles. The van der Waals surface area contributed by atoms with Gasteiger partial charge in [0.15, 0.2) is 6.61 Å². The number of aromatic nitrogens is 2. The number of aromatic hydroxyl groups is 1. The van der Waals surface area contributed by atoms with E-state index in [2.05, 4.69) is 21.8 Å². The number of carbonyl (C=O) groups is 2. The molecule has 0 bridgehead atoms. The zero-order valence-electron chi connectivity index (χ0n) is 21.5. The van der Waals surface area contributed by atoms with E-state index in [9.17, 15) is 14.7 Å². The number of benzene rings is 2. The van der Waals surface area contributed by atoms with Crippen LogP contribution in [0.2, 0.25) is 0 Å². The molecule has 0 radical (unpaired) electrons. The normalized spacial score (nSPS) is 12.0. The second-order valence-corrected chi connectivity index (χ2v) is 9.01. The standard InChI is InChI=1S/C29H33N3O5/c1-4-6-15-32-26-17-22(11-12-23(26)24-13-14-30-19(3)28(24)32)37-18-27(34)31-25(29(35)36-5-2)16-20-7-9-21(33)10-8-20/h7-14,17,25,33H,4-6,15-16,18H2,1-3H3,(H,31,34)/t25-/m0/s1. The van der Waals surface area contributed by atoms with Crippen molar-refractivity contribution in [3.8, 4) is 11.5 Å². The van der Waals surface area contributed by atoms with Gasteiger partial charge in [0.1, 0.15) is 17.5 Å². The molecule has 8 heteroatoms. The summed E-state index contributed by atoms with van der Waals surface area (Å²) < 4.78 is 13.3. The number of ether oxygens (including phenoxy) is 2. The van der Waals surface area contributed by atoms with Crippen LogP contribution in [-0.4, -0.2) is 45.8 Å². The summed E-state index contributed by atoms with van der Waals surface area (Å²) in [6.07, 6.45) is 4.18. The summed E-state index contributed by atoms with van der Waals surface area (Å²) in [6.45, 7) is 6.73. The SMILES string of the molecule is CCCCn1c2cc(OCC(=O)N[C@@H](Cc3ccc(O)cc3)C(=O)OCC)ccc2c2ccnc(C)c21. The number of rotatable bonds is 11. The molecule has 0 spiro atoms. The Balaban J connectivity index is 1.50. The Morgan fingerprint density at radius 2 is 1.86 bits per heavy atom. The number of carbonyl (C=O) groups excluding carboxylic acids is 2. The van der Waals surface area contributed by atoms with Crippen molar-refractivity contribution in [2.45, 2.75) is 52.6 Å². The van der Waals surface area contributed by atoms with Crippen molar-refractivity contribution in [3.63, 3.8) is 0 Å². The van der Waals surface area contributed by atoms with E-state index < -0.39 is 17.9 Å². The fourth-order valence-corrected chi connectivity index (χ4v) is 4.53. The Kier molecular flexibility index (Phi) is 8.28. The number of nitrogens with zero attached hydrogens (tertiary/aromatic N) is 2. The number of hydrogen-bond donors (Lipinski definition) is 2. The average Bonchev–Trinajstić information content (AvgIpc) is 3.21. The highest BCUT2D eigenvalue weighted by molar-refractivity contribution is 6.09. The molecule has 194 valence electrons. The van der Waals surface area contributed by atoms with Crippen LogP contribution in [0, 0.1) is 6.92 Å². The number of hydrogen-bond acceptors (Lipinski definition) is 6. The van der Waals surface area contributed by atoms with Crippen molar-refractivity contribution in [1.82, 2.24) is 14.9 Å². The maximum Gasteiger partial charge on any atom is 0.328 e. The van der Waals surface area contributed by atoms with Gasteiger partial charge >= 0.3 is 5.97 Å². The second kappa shape index (κ2) is 11.8. The van der Waals surface area contributed by atoms with Gasteiger partial charge in [0.25, 0.3) is 5.91 Å². The molecule has 0 aliphatic heterocycles. The number of amides is 1. The van der Waals surface area contributed by atoms with Crippen LogP contribution in [-0.2, 0) is 27.3 Å². The first-order valence-electron chi connectivity index (χ1n) is 12.7. The molecule has 0 aliphatic rings. The Morgan fingerprint density at radius 1 is 1.08 bits per heavy atom. The van der Waals surface area contributed by atoms with E-state index in [0.29, 0.717) is 5.75 Å². The molecule has 2 aromatic carbocycles. The number of fused-ring (bicyclic) bond motifs is 3. The van der Waals surface area contributed by atoms with Crippen molar-refractivity contribution in [3.05, 3.63) is 66.0 Å². The zero-order chi connectivity index (χ0) is 26.4. The molecule has 0 saturated heterocycles. The molecule has 1 atom stereocenters. The van der Waals surface area contributed by atoms with Crippen LogP contribution in [0.5, 0.6) is 11.5 Å². The molecule has 1 amide bonds. The fourth-order valence-electron chi connectivity index (χ4n) is 4.53. The largest absolute Gasteiger partial charge is 0.508 e. The van der Waals surface area contributed by atoms with Crippen LogP contribution in [0.1, 0.15) is 37.9 Å². The highest BCUT2D eigenvalue weighted by Gasteiger charge is 2.23. The first-order chi connectivity index (χ1) is 17.9. The average molecular weight is 504 g/mol. The number of esters is 1. The zero-order valence-corrected chi connectivity index (χ0v) is 21.5. The van der Waals surface area contributed by atoms with Crippen molar-refractivity contribution in [1.29, 1.82) is 0 Å². The first kappa shape index (κ1) is 26.0. The Hall–Kier alpha value is -4.07. The van der Waals surface area contributed by atoms with Gasteiger partial charge in [0.2, 0.25) is 0 Å². The second-order valence-electron chi connectivity index (χ2n) is 9.01. The number of phenols is 1. The van der Waals surface area contributed by atoms with Gasteiger partial charge in [-0.15, -0.1) is 0 Å². The highest BCUT2D eigenvalue weighted by Crippen LogP contribution is 2.33. The topological polar surface area (TPSA) is 103 Å². The van der Waals surface area contributed by atoms with Crippen molar-refractivity contribution < 1.29 is 24.2 Å². The van der Waals surface area contributed by atoms with Crippen LogP contribution >= 0.6 is 0 Å². The van der Waals surface area contributed by atoms with Gasteiger partial charge in [-0.2, -0.15) is 0 Å². The minimum absolute atomic E-state index is 0.131. The lowest BCUT2D eigenvalue weighted by atomic mass is 10.1. The summed E-state index contributed by atoms with van der Waals surface area (Å²) in [5.41, 5.74) is 3.92. The summed E-state index contributed by atoms with van der Waals surface area (Å²) in [6, 6.07) is 13.5. The van der Waals surface area contributed by atoms with Gasteiger partial charge in [0.05, 0.1) is 23.3 Å². The van der Waals surface area contributed by atoms with Crippen LogP contribution in [0.4, 0.5) is 0 Å². The predicted molar refractivity (Wildman–Crippen MR) is 143 cm³/mol. The van der Waals surface area contributed by atoms with Crippen molar-refractivity contribution >= 4 is 33.7 Å². The predicted octanol–water partition coefficient (Wildman–Crippen LogP) is 4.67. The van der Waals surface area contributed by atoms with E-state index in [-0.39, 0.29) is 25.4 Å². The molecule has 4 rings (SSSR count). The van der Waals surface area contributed by atoms with Crippen LogP contribution in [0.3, 0.4) is 0 Å². The summed E-state index contributed by atoms with van der Waals surface area (Å²) in [5, 5.41) is 14.5. The highest BCUT2D eigenvalue weighted by atomic mass is 16.5. The molecule has 37 heavy (non-hydrogen) atoms. The van der Waals surface area contributed by atoms with E-state index in [0.717, 1.165) is 52.4 Å². The van der Waals surface area contributed by atoms with Crippen LogP contribution < -0.4 is 10.1 Å². The Bertz CT molecular complexity index is 1390. The fraction of sp³-hybridized carbons (Fsp3) is 0.345. The van der Waals surface area contributed by atoms with Gasteiger partial charge in [-0.25, -0.2) is 4.79 Å². The Morgan fingerprint density at radius 3 is 2.59 bits per heavy atom. The monoisotopic (exact) mass is 503 g/mol. The third kappa shape index (κ3) is 6.02. The molecule has 0 saturated carbocycles. The molecule has 0 unspecified atom stereocenters. The quantitative estimate of drug-likeness (QED) is 0.288. The summed E-state index contributed by atoms with van der Waals surface area (Å²) in [7, 11) is 0. The number of nitrogens with one attached hydrogen (secondary N) is 1. The smallest absolute Gasteiger partial charge is 0.328 e. The van der Waals surface area contributed by atoms with Crippen molar-refractivity contribution in [2.24, 2.45) is 0 Å². The van der Waals surface area contributed by atoms with E-state index in [1.54, 1.807) is 19.1 Å². The maximum atomic E-state index is 12.7. The van der Waals surface area contributed by atoms with Crippen LogP contribution in [0.25, 0.3) is 21.8 Å². The number of pyridine rings is 1. The molecular formula is C29H33N3O5. The number of aryl methyl sites for hydroxylation is 2. The minimum atomic E-state index is -0.866. The number of unbranched alkanes of at least 4 members (excludes halogenated alkanes) is 1. The summed E-state index contributed by atoms with van der Waals surface area (Å²) >= 11 is 0. The third-order valence-corrected chi connectivity index (χ3v) is 6.31. The molecule has 0 aliphatic carbocycles. The number of phenolic OH excluding ortho intramolecular Hbond substituents is 1. The Labute approximate surface area is 216 Å². The molecule has 0 fully saturated rings. The maximum absolute atomic E-state index is 12.7. The van der Waals surface area contributed by atoms with Gasteiger partial charge in [-0.05, 0) is 56.2 Å². The van der Waals surface area contributed by atoms with Crippen LogP contribution in [0.15, 0.2) is 54.7 Å². The van der Waals surface area contributed by atoms with Gasteiger partial charge in [-0.3, -0.25) is 9.78 Å². The molecule has 2 aromatic heterocycles. The minimum Gasteiger partial charge on any atom is -0.508 e. The van der Waals surface area contributed by atoms with E-state index >= 15 is 0 Å². The molecule has 8 nitrogen and oxygen atoms in total. The van der Waals surface area contributed by atoms with E-state index in [1.165, 1.54) is 12.1 Å². The molecular weight excluding hydrogens is 470 g/mol. The molecule has 2 N–H and O–H groups in total. The lowest BCUT2D eigenvalue weighted by Crippen LogP contribution is -2.45. The third-order valence-electron chi connectivity index (χ3n) is 6.31. The van der Waals surface area contributed by atoms with Gasteiger partial charge in [-0.1, -0.05) is 25.5 Å². The van der Waals surface area contributed by atoms with E-state index in [1.807, 2.05) is 37.4 Å². The lowest BCUT2D eigenvalue weighted by molar-refractivity contribution is -0.147.